The van der Waals surface area contributed by atoms with Crippen LogP contribution in [0.25, 0.3) is 0 Å². The van der Waals surface area contributed by atoms with E-state index in [1.165, 1.54) is 34.8 Å². The Morgan fingerprint density at radius 1 is 1.22 bits per heavy atom. The number of carbonyl (C=O) groups is 1. The molecule has 0 aliphatic heterocycles. The Hall–Kier alpha value is -1.14. The number of nitrogens with zero attached hydrogens (tertiary/aromatic N) is 1. The largest absolute Gasteiger partial charge is 0.393 e. The predicted octanol–water partition coefficient (Wildman–Crippen LogP) is 2.41. The maximum absolute atomic E-state index is 11.8. The quantitative estimate of drug-likeness (QED) is 0.698. The second-order valence-electron chi connectivity index (χ2n) is 6.68. The zero-order chi connectivity index (χ0) is 16.1. The summed E-state index contributed by atoms with van der Waals surface area (Å²) >= 11 is 1.85. The van der Waals surface area contributed by atoms with Gasteiger partial charge in [0.25, 0.3) is 0 Å². The molecular weight excluding hydrogens is 310 g/mol. The van der Waals surface area contributed by atoms with Crippen LogP contribution in [0.4, 0.5) is 4.79 Å². The number of urea groups is 1. The fourth-order valence-electron chi connectivity index (χ4n) is 3.50. The number of hydrogen-bond donors (Lipinski definition) is 3. The van der Waals surface area contributed by atoms with Gasteiger partial charge in [-0.15, -0.1) is 11.3 Å². The van der Waals surface area contributed by atoms with Gasteiger partial charge >= 0.3 is 6.03 Å². The van der Waals surface area contributed by atoms with Gasteiger partial charge in [-0.1, -0.05) is 6.42 Å². The summed E-state index contributed by atoms with van der Waals surface area (Å²) < 4.78 is 0. The van der Waals surface area contributed by atoms with Crippen molar-refractivity contribution < 1.29 is 9.90 Å². The van der Waals surface area contributed by atoms with Crippen LogP contribution in [0, 0.1) is 5.92 Å². The number of nitrogens with one attached hydrogen (secondary N) is 2. The Bertz CT molecular complexity index is 508. The highest BCUT2D eigenvalue weighted by atomic mass is 32.1. The summed E-state index contributed by atoms with van der Waals surface area (Å²) in [6.45, 7) is 1.25. The predicted molar refractivity (Wildman–Crippen MR) is 91.8 cm³/mol. The lowest BCUT2D eigenvalue weighted by atomic mass is 10.0. The molecular formula is C17H27N3O2S. The summed E-state index contributed by atoms with van der Waals surface area (Å²) in [6.07, 6.45) is 9.46. The molecule has 1 heterocycles. The number of aromatic nitrogens is 1. The number of thiazole rings is 1. The summed E-state index contributed by atoms with van der Waals surface area (Å²) in [6, 6.07) is -0.123. The highest BCUT2D eigenvalue weighted by Crippen LogP contribution is 2.27. The van der Waals surface area contributed by atoms with Crippen LogP contribution in [0.5, 0.6) is 0 Å². The summed E-state index contributed by atoms with van der Waals surface area (Å²) in [4.78, 5) is 18.0. The molecule has 2 aliphatic carbocycles. The smallest absolute Gasteiger partial charge is 0.314 e. The second-order valence-corrected chi connectivity index (χ2v) is 7.85. The fraction of sp³-hybridized carbons (Fsp3) is 0.765. The standard InChI is InChI=1S/C17H27N3O2S/c21-14-7-3-5-12(14)11-19-17(22)18-10-4-9-16-20-13-6-1-2-8-15(13)23-16/h12,14,21H,1-11H2,(H2,18,19,22)/t12-,14+/m0/s1. The van der Waals surface area contributed by atoms with Gasteiger partial charge in [0.1, 0.15) is 0 Å². The fourth-order valence-corrected chi connectivity index (χ4v) is 4.69. The van der Waals surface area contributed by atoms with E-state index in [4.69, 9.17) is 4.98 Å². The lowest BCUT2D eigenvalue weighted by Crippen LogP contribution is -2.40. The van der Waals surface area contributed by atoms with Crippen molar-refractivity contribution in [2.24, 2.45) is 5.92 Å². The number of fused-ring (bicyclic) bond motifs is 1. The molecule has 1 saturated carbocycles. The molecule has 0 unspecified atom stereocenters. The Morgan fingerprint density at radius 2 is 2.09 bits per heavy atom. The number of rotatable bonds is 6. The molecule has 0 saturated heterocycles. The maximum atomic E-state index is 11.8. The lowest BCUT2D eigenvalue weighted by molar-refractivity contribution is 0.132. The van der Waals surface area contributed by atoms with Crippen molar-refractivity contribution in [2.75, 3.05) is 13.1 Å². The monoisotopic (exact) mass is 337 g/mol. The van der Waals surface area contributed by atoms with E-state index in [1.54, 1.807) is 0 Å². The van der Waals surface area contributed by atoms with Gasteiger partial charge in [-0.3, -0.25) is 0 Å². The van der Waals surface area contributed by atoms with E-state index >= 15 is 0 Å². The third-order valence-electron chi connectivity index (χ3n) is 4.89. The van der Waals surface area contributed by atoms with Crippen LogP contribution in [0.3, 0.4) is 0 Å². The second kappa shape index (κ2) is 8.11. The number of amides is 2. The molecule has 0 radical (unpaired) electrons. The van der Waals surface area contributed by atoms with E-state index < -0.39 is 0 Å². The number of aryl methyl sites for hydroxylation is 3. The highest BCUT2D eigenvalue weighted by Gasteiger charge is 2.25. The summed E-state index contributed by atoms with van der Waals surface area (Å²) in [5.74, 6) is 0.224. The molecule has 1 aromatic heterocycles. The Morgan fingerprint density at radius 3 is 2.87 bits per heavy atom. The minimum Gasteiger partial charge on any atom is -0.393 e. The zero-order valence-corrected chi connectivity index (χ0v) is 14.5. The number of hydrogen-bond acceptors (Lipinski definition) is 4. The molecule has 2 amide bonds. The Labute approximate surface area is 141 Å². The van der Waals surface area contributed by atoms with E-state index in [1.807, 2.05) is 11.3 Å². The van der Waals surface area contributed by atoms with E-state index in [0.717, 1.165) is 38.5 Å². The highest BCUT2D eigenvalue weighted by molar-refractivity contribution is 7.11. The first-order chi connectivity index (χ1) is 11.2. The van der Waals surface area contributed by atoms with Gasteiger partial charge in [-0.2, -0.15) is 0 Å². The minimum atomic E-state index is -0.244. The van der Waals surface area contributed by atoms with Gasteiger partial charge < -0.3 is 15.7 Å². The molecule has 2 aliphatic rings. The van der Waals surface area contributed by atoms with Crippen molar-refractivity contribution in [3.63, 3.8) is 0 Å². The molecule has 3 rings (SSSR count). The molecule has 2 atom stereocenters. The van der Waals surface area contributed by atoms with E-state index in [2.05, 4.69) is 10.6 Å². The number of carbonyl (C=O) groups excluding carboxylic acids is 1. The molecule has 1 aromatic rings. The third-order valence-corrected chi connectivity index (χ3v) is 6.10. The van der Waals surface area contributed by atoms with Crippen molar-refractivity contribution in [3.05, 3.63) is 15.6 Å². The van der Waals surface area contributed by atoms with Crippen LogP contribution in [0.1, 0.15) is 54.1 Å². The van der Waals surface area contributed by atoms with Crippen LogP contribution >= 0.6 is 11.3 Å². The molecule has 0 spiro atoms. The van der Waals surface area contributed by atoms with Crippen molar-refractivity contribution in [2.45, 2.75) is 63.9 Å². The summed E-state index contributed by atoms with van der Waals surface area (Å²) in [5.41, 5.74) is 1.32. The number of aliphatic hydroxyl groups excluding tert-OH is 1. The van der Waals surface area contributed by atoms with Crippen LogP contribution in [0.2, 0.25) is 0 Å². The summed E-state index contributed by atoms with van der Waals surface area (Å²) in [7, 11) is 0. The molecule has 0 bridgehead atoms. The minimum absolute atomic E-state index is 0.123. The SMILES string of the molecule is O=C(NCCCc1nc2c(s1)CCCC2)NC[C@@H]1CCC[C@H]1O. The van der Waals surface area contributed by atoms with Crippen molar-refractivity contribution in [3.8, 4) is 0 Å². The van der Waals surface area contributed by atoms with Gasteiger partial charge in [0.05, 0.1) is 16.8 Å². The molecule has 128 valence electrons. The van der Waals surface area contributed by atoms with Crippen molar-refractivity contribution >= 4 is 17.4 Å². The van der Waals surface area contributed by atoms with E-state index in [9.17, 15) is 9.90 Å². The van der Waals surface area contributed by atoms with Gasteiger partial charge in [-0.25, -0.2) is 9.78 Å². The molecule has 5 nitrogen and oxygen atoms in total. The summed E-state index contributed by atoms with van der Waals surface area (Å²) in [5, 5.41) is 16.7. The van der Waals surface area contributed by atoms with Gasteiger partial charge in [0, 0.05) is 30.3 Å². The third kappa shape index (κ3) is 4.67. The Kier molecular flexibility index (Phi) is 5.89. The zero-order valence-electron chi connectivity index (χ0n) is 13.6. The van der Waals surface area contributed by atoms with Crippen molar-refractivity contribution in [1.29, 1.82) is 0 Å². The van der Waals surface area contributed by atoms with E-state index in [-0.39, 0.29) is 18.1 Å². The Balaban J connectivity index is 1.30. The topological polar surface area (TPSA) is 74.2 Å². The normalized spacial score (nSPS) is 23.5. The van der Waals surface area contributed by atoms with E-state index in [0.29, 0.717) is 13.1 Å². The van der Waals surface area contributed by atoms with Gasteiger partial charge in [0.15, 0.2) is 0 Å². The molecule has 3 N–H and O–H groups in total. The first-order valence-electron chi connectivity index (χ1n) is 8.89. The molecule has 0 aromatic carbocycles. The lowest BCUT2D eigenvalue weighted by Gasteiger charge is -2.15. The molecule has 6 heteroatoms. The average molecular weight is 337 g/mol. The van der Waals surface area contributed by atoms with Crippen LogP contribution in [-0.4, -0.2) is 35.3 Å². The first-order valence-corrected chi connectivity index (χ1v) is 9.71. The van der Waals surface area contributed by atoms with Gasteiger partial charge in [-0.05, 0) is 44.9 Å². The van der Waals surface area contributed by atoms with Crippen molar-refractivity contribution in [1.82, 2.24) is 15.6 Å². The average Bonchev–Trinajstić information content (AvgIpc) is 3.15. The van der Waals surface area contributed by atoms with Crippen LogP contribution in [0.15, 0.2) is 0 Å². The first kappa shape index (κ1) is 16.7. The number of aliphatic hydroxyl groups is 1. The van der Waals surface area contributed by atoms with Crippen LogP contribution in [-0.2, 0) is 19.3 Å². The molecule has 1 fully saturated rings. The van der Waals surface area contributed by atoms with Gasteiger partial charge in [0.2, 0.25) is 0 Å². The van der Waals surface area contributed by atoms with Crippen LogP contribution < -0.4 is 10.6 Å². The molecule has 23 heavy (non-hydrogen) atoms. The maximum Gasteiger partial charge on any atom is 0.314 e.